The Hall–Kier alpha value is -8.79. The van der Waals surface area contributed by atoms with Crippen LogP contribution in [0.4, 0.5) is 30.2 Å². The first kappa shape index (κ1) is 65.7. The van der Waals surface area contributed by atoms with E-state index in [1.165, 1.54) is 29.1 Å². The number of alkyl halides is 3. The van der Waals surface area contributed by atoms with Gasteiger partial charge in [0, 0.05) is 22.4 Å². The van der Waals surface area contributed by atoms with Crippen LogP contribution in [0.5, 0.6) is 0 Å². The minimum atomic E-state index is -4.52. The number of sulfonamides is 3. The number of hydrogen-bond acceptors (Lipinski definition) is 13. The van der Waals surface area contributed by atoms with Gasteiger partial charge >= 0.3 is 6.18 Å². The van der Waals surface area contributed by atoms with E-state index >= 15 is 0 Å². The van der Waals surface area contributed by atoms with Crippen LogP contribution >= 0.6 is 0 Å². The van der Waals surface area contributed by atoms with Crippen molar-refractivity contribution in [3.8, 4) is 12.1 Å². The second-order valence-corrected chi connectivity index (χ2v) is 26.1. The summed E-state index contributed by atoms with van der Waals surface area (Å²) in [7, 11) is -10.4. The molecule has 7 N–H and O–H groups in total. The van der Waals surface area contributed by atoms with Gasteiger partial charge in [-0.1, -0.05) is 82.3 Å². The minimum absolute atomic E-state index is 0.105. The van der Waals surface area contributed by atoms with E-state index in [0.717, 1.165) is 52.9 Å². The lowest BCUT2D eigenvalue weighted by atomic mass is 9.80. The van der Waals surface area contributed by atoms with Crippen LogP contribution < -0.4 is 19.9 Å². The Morgan fingerprint density at radius 3 is 1.33 bits per heavy atom. The highest BCUT2D eigenvalue weighted by Crippen LogP contribution is 2.42. The first-order valence-electron chi connectivity index (χ1n) is 27.2. The molecule has 5 atom stereocenters. The summed E-state index contributed by atoms with van der Waals surface area (Å²) in [5.41, 5.74) is 7.79. The maximum atomic E-state index is 13.0. The Morgan fingerprint density at radius 1 is 0.563 bits per heavy atom. The molecule has 26 heteroatoms. The predicted molar refractivity (Wildman–Crippen MR) is 330 cm³/mol. The van der Waals surface area contributed by atoms with E-state index in [0.29, 0.717) is 63.6 Å². The molecule has 0 aliphatic rings. The molecule has 458 valence electrons. The van der Waals surface area contributed by atoms with Crippen molar-refractivity contribution in [2.24, 2.45) is 5.73 Å². The lowest BCUT2D eigenvalue weighted by Crippen LogP contribution is -2.47. The van der Waals surface area contributed by atoms with Crippen LogP contribution in [0.15, 0.2) is 152 Å². The molecule has 1 amide bonds. The number of carbonyl (C=O) groups excluding carboxylic acids is 1. The quantitative estimate of drug-likeness (QED) is 0.0440. The third-order valence-corrected chi connectivity index (χ3v) is 17.1. The first-order chi connectivity index (χ1) is 40.9. The van der Waals surface area contributed by atoms with Crippen molar-refractivity contribution in [1.29, 1.82) is 10.5 Å². The van der Waals surface area contributed by atoms with Gasteiger partial charge < -0.3 is 20.5 Å². The van der Waals surface area contributed by atoms with Crippen LogP contribution in [-0.2, 0) is 57.7 Å². The smallest absolute Gasteiger partial charge is 0.391 e. The molecule has 0 radical (unpaired) electrons. The number of nitrogens with two attached hydrogens (primary N) is 1. The number of halogens is 3. The van der Waals surface area contributed by atoms with Gasteiger partial charge in [-0.15, -0.1) is 0 Å². The third-order valence-electron chi connectivity index (χ3n) is 15.4. The van der Waals surface area contributed by atoms with Gasteiger partial charge in [0.25, 0.3) is 0 Å². The SMILES string of the molecule is CCC(C(N)=O)(c1ccc(C(F)(F)F)cc1)n1ncc2c(NS(C)(=O)=O)cccc21.CCC(O)C(CC)(c1ccc(C#N)cc1)n1ccc2c(NS(C)(=O)=O)cccc21.CCC(c1ccc(C#N)cc1)(C(C)O)n1ncc2c(NS(C)(=O)=O)cccc21. The lowest BCUT2D eigenvalue weighted by molar-refractivity contribution is -0.137. The molecule has 3 aromatic heterocycles. The van der Waals surface area contributed by atoms with Crippen LogP contribution in [0.25, 0.3) is 32.7 Å². The average molecular weight is 1250 g/mol. The highest BCUT2D eigenvalue weighted by Gasteiger charge is 2.43. The monoisotopic (exact) mass is 1250 g/mol. The summed E-state index contributed by atoms with van der Waals surface area (Å²) < 4.78 is 122. The number of rotatable bonds is 19. The zero-order valence-electron chi connectivity index (χ0n) is 48.7. The number of amides is 1. The molecule has 9 aromatic rings. The number of hydrogen-bond donors (Lipinski definition) is 6. The van der Waals surface area contributed by atoms with Gasteiger partial charge in [0.15, 0.2) is 5.54 Å². The van der Waals surface area contributed by atoms with Crippen molar-refractivity contribution in [3.05, 3.63) is 185 Å². The molecule has 5 unspecified atom stereocenters. The Labute approximate surface area is 502 Å². The Kier molecular flexibility index (Phi) is 19.4. The summed E-state index contributed by atoms with van der Waals surface area (Å²) >= 11 is 0. The Bertz CT molecular complexity index is 4410. The number of benzene rings is 6. The maximum absolute atomic E-state index is 13.0. The van der Waals surface area contributed by atoms with Crippen LogP contribution in [0.3, 0.4) is 0 Å². The molecule has 0 saturated carbocycles. The van der Waals surface area contributed by atoms with Crippen molar-refractivity contribution in [1.82, 2.24) is 24.1 Å². The second-order valence-electron chi connectivity index (χ2n) is 20.8. The fraction of sp³-hybridized carbons (Fsp3) is 0.295. The van der Waals surface area contributed by atoms with Gasteiger partial charge in [-0.05, 0) is 128 Å². The average Bonchev–Trinajstić information content (AvgIpc) is 1.75. The summed E-state index contributed by atoms with van der Waals surface area (Å²) in [5, 5.41) is 50.7. The summed E-state index contributed by atoms with van der Waals surface area (Å²) in [6.07, 6.45) is 3.88. The molecule has 9 rings (SSSR count). The van der Waals surface area contributed by atoms with E-state index in [4.69, 9.17) is 16.3 Å². The number of carbonyl (C=O) groups is 1. The number of primary amides is 1. The number of aromatic nitrogens is 5. The van der Waals surface area contributed by atoms with Crippen molar-refractivity contribution in [2.45, 2.75) is 95.3 Å². The largest absolute Gasteiger partial charge is 0.416 e. The fourth-order valence-electron chi connectivity index (χ4n) is 11.2. The number of aliphatic hydroxyl groups is 2. The van der Waals surface area contributed by atoms with Crippen LogP contribution in [0.2, 0.25) is 0 Å². The molecule has 0 aliphatic carbocycles. The molecule has 0 saturated heterocycles. The van der Waals surface area contributed by atoms with E-state index in [1.807, 2.05) is 74.0 Å². The van der Waals surface area contributed by atoms with E-state index in [9.17, 15) is 53.4 Å². The van der Waals surface area contributed by atoms with Crippen molar-refractivity contribution in [2.75, 3.05) is 32.9 Å². The minimum Gasteiger partial charge on any atom is -0.391 e. The summed E-state index contributed by atoms with van der Waals surface area (Å²) in [6.45, 7) is 9.27. The Balaban J connectivity index is 0.000000187. The van der Waals surface area contributed by atoms with Crippen LogP contribution in [0, 0.1) is 22.7 Å². The molecule has 6 aromatic carbocycles. The van der Waals surface area contributed by atoms with Gasteiger partial charge in [0.05, 0.1) is 111 Å². The Morgan fingerprint density at radius 2 is 0.954 bits per heavy atom. The van der Waals surface area contributed by atoms with Gasteiger partial charge in [-0.3, -0.25) is 23.6 Å². The fourth-order valence-corrected chi connectivity index (χ4v) is 13.0. The third kappa shape index (κ3) is 13.4. The number of aliphatic hydroxyl groups excluding tert-OH is 2. The maximum Gasteiger partial charge on any atom is 0.416 e. The summed E-state index contributed by atoms with van der Waals surface area (Å²) in [4.78, 5) is 12.6. The topological polar surface area (TPSA) is 310 Å². The number of nitriles is 2. The molecule has 3 heterocycles. The van der Waals surface area contributed by atoms with Gasteiger partial charge in [0.2, 0.25) is 36.0 Å². The zero-order valence-corrected chi connectivity index (χ0v) is 51.2. The predicted octanol–water partition coefficient (Wildman–Crippen LogP) is 9.69. The van der Waals surface area contributed by atoms with Crippen LogP contribution in [0.1, 0.15) is 93.7 Å². The van der Waals surface area contributed by atoms with Crippen molar-refractivity contribution in [3.63, 3.8) is 0 Å². The molecule has 0 fully saturated rings. The van der Waals surface area contributed by atoms with Crippen molar-refractivity contribution < 1.29 is 53.4 Å². The number of fused-ring (bicyclic) bond motifs is 3. The number of nitrogens with one attached hydrogen (secondary N) is 3. The van der Waals surface area contributed by atoms with Gasteiger partial charge in [-0.2, -0.15) is 33.9 Å². The molecular formula is C61H66F3N11O9S3. The van der Waals surface area contributed by atoms with E-state index in [-0.39, 0.29) is 17.7 Å². The standard InChI is InChI=1S/C22H25N3O3S.C20H22N4O3S.C19H19F3N4O3S/c1-4-21(26)22(5-2,17-11-9-16(15-23)10-12-17)25-14-13-18-19(24-29(3,27)28)7-6-8-20(18)25;1-4-20(14(2)25,16-10-8-15(12-21)9-11-16)24-19-7-5-6-18(17(19)13-22-24)23-28(3,26)27;1-3-18(17(23)27,12-7-9-13(10-8-12)19(20,21)22)26-16-6-4-5-15(14(16)11-24-26)25-30(2,28)29/h6-14,21,24,26H,4-5H2,1-3H3;5-11,13-14,23,25H,4H2,1-3H3;4-11,25H,3H2,1-2H3,(H2,23,27). The molecular weight excluding hydrogens is 1180 g/mol. The van der Waals surface area contributed by atoms with Crippen molar-refractivity contribution >= 4 is 85.7 Å². The lowest BCUT2D eigenvalue weighted by Gasteiger charge is -2.40. The van der Waals surface area contributed by atoms with E-state index in [2.05, 4.69) is 36.5 Å². The number of anilines is 3. The molecule has 87 heavy (non-hydrogen) atoms. The summed E-state index contributed by atoms with van der Waals surface area (Å²) in [5.74, 6) is -0.809. The molecule has 0 spiro atoms. The van der Waals surface area contributed by atoms with Gasteiger partial charge in [-0.25, -0.2) is 29.9 Å². The van der Waals surface area contributed by atoms with E-state index < -0.39 is 76.5 Å². The first-order valence-corrected chi connectivity index (χ1v) is 32.9. The molecule has 0 bridgehead atoms. The highest BCUT2D eigenvalue weighted by atomic mass is 32.2. The summed E-state index contributed by atoms with van der Waals surface area (Å²) in [6, 6.07) is 40.0. The normalized spacial score (nSPS) is 14.7. The molecule has 0 aliphatic heterocycles. The van der Waals surface area contributed by atoms with Crippen LogP contribution in [-0.4, -0.2) is 96.5 Å². The highest BCUT2D eigenvalue weighted by molar-refractivity contribution is 7.92. The van der Waals surface area contributed by atoms with E-state index in [1.54, 1.807) is 85.4 Å². The number of nitrogens with zero attached hydrogens (tertiary/aromatic N) is 7. The molecule has 20 nitrogen and oxygen atoms in total. The van der Waals surface area contributed by atoms with Gasteiger partial charge in [0.1, 0.15) is 5.54 Å². The zero-order chi connectivity index (χ0) is 64.1. The second kappa shape index (κ2) is 25.7.